The van der Waals surface area contributed by atoms with E-state index >= 15 is 0 Å². The zero-order valence-electron chi connectivity index (χ0n) is 11.0. The van der Waals surface area contributed by atoms with Gasteiger partial charge in [0.2, 0.25) is 0 Å². The summed E-state index contributed by atoms with van der Waals surface area (Å²) in [5.41, 5.74) is 6.48. The number of hydrogen-bond acceptors (Lipinski definition) is 0. The molecule has 0 atom stereocenters. The second kappa shape index (κ2) is 6.12. The predicted molar refractivity (Wildman–Crippen MR) is 75.4 cm³/mol. The van der Waals surface area contributed by atoms with Gasteiger partial charge in [0.25, 0.3) is 0 Å². The molecule has 0 aliphatic rings. The van der Waals surface area contributed by atoms with Crippen LogP contribution in [-0.2, 0) is 0 Å². The van der Waals surface area contributed by atoms with Crippen LogP contribution >= 0.6 is 0 Å². The van der Waals surface area contributed by atoms with Crippen molar-refractivity contribution >= 4 is 0 Å². The lowest BCUT2D eigenvalue weighted by molar-refractivity contribution is 1.25. The molecular formula is C16H22. The fourth-order valence-electron chi connectivity index (χ4n) is 1.23. The van der Waals surface area contributed by atoms with Gasteiger partial charge in [-0.05, 0) is 61.1 Å². The maximum Gasteiger partial charge on any atom is -0.0227 e. The third-order valence-corrected chi connectivity index (χ3v) is 3.06. The Morgan fingerprint density at radius 1 is 0.688 bits per heavy atom. The van der Waals surface area contributed by atoms with Gasteiger partial charge in [-0.15, -0.1) is 0 Å². The van der Waals surface area contributed by atoms with Crippen LogP contribution in [0, 0.1) is 0 Å². The highest BCUT2D eigenvalue weighted by molar-refractivity contribution is 5.55. The third-order valence-electron chi connectivity index (χ3n) is 3.06. The lowest BCUT2D eigenvalue weighted by Crippen LogP contribution is -1.94. The molecule has 0 aromatic carbocycles. The van der Waals surface area contributed by atoms with Crippen LogP contribution in [0.3, 0.4) is 0 Å². The molecule has 0 bridgehead atoms. The average molecular weight is 214 g/mol. The Kier molecular flexibility index (Phi) is 5.52. The van der Waals surface area contributed by atoms with E-state index < -0.39 is 0 Å². The van der Waals surface area contributed by atoms with E-state index in [2.05, 4.69) is 26.3 Å². The lowest BCUT2D eigenvalue weighted by atomic mass is 9.91. The number of allylic oxidation sites excluding steroid dienone is 8. The Balaban J connectivity index is 5.28. The summed E-state index contributed by atoms with van der Waals surface area (Å²) in [4.78, 5) is 0. The van der Waals surface area contributed by atoms with Crippen LogP contribution in [0.4, 0.5) is 0 Å². The molecule has 0 radical (unpaired) electrons. The molecule has 0 rings (SSSR count). The molecule has 0 aromatic heterocycles. The maximum atomic E-state index is 4.09. The van der Waals surface area contributed by atoms with E-state index in [4.69, 9.17) is 0 Å². The van der Waals surface area contributed by atoms with Crippen LogP contribution in [0.1, 0.15) is 27.7 Å². The summed E-state index contributed by atoms with van der Waals surface area (Å²) >= 11 is 0. The first kappa shape index (κ1) is 14.4. The van der Waals surface area contributed by atoms with Crippen molar-refractivity contribution in [3.8, 4) is 0 Å². The molecule has 0 fully saturated rings. The molecule has 0 saturated carbocycles. The van der Waals surface area contributed by atoms with E-state index in [9.17, 15) is 0 Å². The molecule has 0 saturated heterocycles. The Hall–Kier alpha value is -1.56. The van der Waals surface area contributed by atoms with Crippen molar-refractivity contribution in [2.75, 3.05) is 0 Å². The van der Waals surface area contributed by atoms with Gasteiger partial charge >= 0.3 is 0 Å². The van der Waals surface area contributed by atoms with Gasteiger partial charge in [0.1, 0.15) is 0 Å². The topological polar surface area (TPSA) is 0 Å². The molecule has 0 nitrogen and oxygen atoms in total. The zero-order chi connectivity index (χ0) is 12.9. The van der Waals surface area contributed by atoms with E-state index in [1.165, 1.54) is 0 Å². The van der Waals surface area contributed by atoms with Crippen LogP contribution in [-0.4, -0.2) is 0 Å². The van der Waals surface area contributed by atoms with Gasteiger partial charge in [0.05, 0.1) is 0 Å². The molecule has 16 heavy (non-hydrogen) atoms. The van der Waals surface area contributed by atoms with Crippen molar-refractivity contribution in [2.24, 2.45) is 0 Å². The summed E-state index contributed by atoms with van der Waals surface area (Å²) in [7, 11) is 0. The highest BCUT2D eigenvalue weighted by Crippen LogP contribution is 2.26. The summed E-state index contributed by atoms with van der Waals surface area (Å²) in [6.45, 7) is 23.8. The van der Waals surface area contributed by atoms with E-state index in [-0.39, 0.29) is 0 Å². The zero-order valence-corrected chi connectivity index (χ0v) is 11.0. The van der Waals surface area contributed by atoms with Gasteiger partial charge in [-0.2, -0.15) is 0 Å². The Bertz CT molecular complexity index is 358. The maximum absolute atomic E-state index is 4.09. The van der Waals surface area contributed by atoms with Gasteiger partial charge in [0.15, 0.2) is 0 Å². The lowest BCUT2D eigenvalue weighted by Gasteiger charge is -2.14. The van der Waals surface area contributed by atoms with Crippen LogP contribution < -0.4 is 0 Å². The highest BCUT2D eigenvalue weighted by Gasteiger charge is 2.07. The molecule has 0 amide bonds. The van der Waals surface area contributed by atoms with Gasteiger partial charge in [-0.1, -0.05) is 38.5 Å². The summed E-state index contributed by atoms with van der Waals surface area (Å²) < 4.78 is 0. The largest absolute Gasteiger partial charge is 0.0988 e. The van der Waals surface area contributed by atoms with Crippen LogP contribution in [0.5, 0.6) is 0 Å². The standard InChI is InChI=1S/C16H22/c1-9-11(3)13(5)15(7)16(8)14(6)12(4)10-2/h9-10H,1-2,7-8H2,3-6H3/b13-11-,14-12-. The van der Waals surface area contributed by atoms with Crippen molar-refractivity contribution in [1.82, 2.24) is 0 Å². The van der Waals surface area contributed by atoms with E-state index in [0.29, 0.717) is 0 Å². The summed E-state index contributed by atoms with van der Waals surface area (Å²) in [5.74, 6) is 0. The molecule has 0 spiro atoms. The Morgan fingerprint density at radius 2 is 0.938 bits per heavy atom. The molecule has 0 heteroatoms. The smallest absolute Gasteiger partial charge is 0.0227 e. The minimum Gasteiger partial charge on any atom is -0.0988 e. The molecule has 0 aliphatic heterocycles. The minimum absolute atomic E-state index is 0.969. The molecule has 0 aliphatic carbocycles. The van der Waals surface area contributed by atoms with Crippen LogP contribution in [0.15, 0.2) is 71.9 Å². The highest BCUT2D eigenvalue weighted by atomic mass is 14.1. The predicted octanol–water partition coefficient (Wildman–Crippen LogP) is 5.14. The Morgan fingerprint density at radius 3 is 1.12 bits per heavy atom. The molecule has 0 unspecified atom stereocenters. The SMILES string of the molecule is C=C/C(C)=C(/C)C(=C)C(=C)/C(C)=C(/C)C=C. The second-order valence-electron chi connectivity index (χ2n) is 3.98. The van der Waals surface area contributed by atoms with Gasteiger partial charge in [0, 0.05) is 0 Å². The third kappa shape index (κ3) is 3.23. The van der Waals surface area contributed by atoms with Crippen LogP contribution in [0.2, 0.25) is 0 Å². The summed E-state index contributed by atoms with van der Waals surface area (Å²) in [5, 5.41) is 0. The average Bonchev–Trinajstić information content (AvgIpc) is 2.32. The summed E-state index contributed by atoms with van der Waals surface area (Å²) in [6.07, 6.45) is 3.68. The summed E-state index contributed by atoms with van der Waals surface area (Å²) in [6, 6.07) is 0. The molecule has 0 heterocycles. The fourth-order valence-corrected chi connectivity index (χ4v) is 1.23. The molecule has 0 N–H and O–H groups in total. The minimum atomic E-state index is 0.969. The monoisotopic (exact) mass is 214 g/mol. The van der Waals surface area contributed by atoms with Crippen LogP contribution in [0.25, 0.3) is 0 Å². The first-order valence-electron chi connectivity index (χ1n) is 5.35. The van der Waals surface area contributed by atoms with E-state index in [1.54, 1.807) is 0 Å². The first-order valence-corrected chi connectivity index (χ1v) is 5.35. The van der Waals surface area contributed by atoms with Crippen molar-refractivity contribution in [3.63, 3.8) is 0 Å². The normalized spacial score (nSPS) is 13.5. The number of hydrogen-bond donors (Lipinski definition) is 0. The van der Waals surface area contributed by atoms with Crippen molar-refractivity contribution in [3.05, 3.63) is 71.9 Å². The fraction of sp³-hybridized carbons (Fsp3) is 0.250. The van der Waals surface area contributed by atoms with Crippen molar-refractivity contribution < 1.29 is 0 Å². The Labute approximate surface area is 100 Å². The molecular weight excluding hydrogens is 192 g/mol. The van der Waals surface area contributed by atoms with Gasteiger partial charge < -0.3 is 0 Å². The quantitative estimate of drug-likeness (QED) is 0.556. The van der Waals surface area contributed by atoms with Crippen molar-refractivity contribution in [2.45, 2.75) is 27.7 Å². The van der Waals surface area contributed by atoms with Gasteiger partial charge in [-0.3, -0.25) is 0 Å². The molecule has 0 aromatic rings. The van der Waals surface area contributed by atoms with Gasteiger partial charge in [-0.25, -0.2) is 0 Å². The van der Waals surface area contributed by atoms with Crippen molar-refractivity contribution in [1.29, 1.82) is 0 Å². The number of rotatable bonds is 5. The van der Waals surface area contributed by atoms with E-state index in [0.717, 1.165) is 33.4 Å². The van der Waals surface area contributed by atoms with E-state index in [1.807, 2.05) is 39.8 Å². The first-order chi connectivity index (χ1) is 7.36. The second-order valence-corrected chi connectivity index (χ2v) is 3.98. The molecule has 86 valence electrons.